The molecule has 4 aromatic rings. The molecule has 6 nitrogen and oxygen atoms in total. The number of amides is 1. The molecule has 0 bridgehead atoms. The largest absolute Gasteiger partial charge is 0.345 e. The lowest BCUT2D eigenvalue weighted by molar-refractivity contribution is -0.121. The summed E-state index contributed by atoms with van der Waals surface area (Å²) in [7, 11) is 0. The molecule has 8 heteroatoms. The first-order valence-corrected chi connectivity index (χ1v) is 10.3. The van der Waals surface area contributed by atoms with Crippen molar-refractivity contribution >= 4 is 39.7 Å². The van der Waals surface area contributed by atoms with Gasteiger partial charge in [-0.15, -0.1) is 5.10 Å². The van der Waals surface area contributed by atoms with Gasteiger partial charge in [-0.05, 0) is 52.2 Å². The van der Waals surface area contributed by atoms with E-state index in [1.807, 2.05) is 29.0 Å². The zero-order valence-electron chi connectivity index (χ0n) is 15.3. The Kier molecular flexibility index (Phi) is 5.69. The summed E-state index contributed by atoms with van der Waals surface area (Å²) in [6.07, 6.45) is 0.112. The Balaban J connectivity index is 1.49. The van der Waals surface area contributed by atoms with Gasteiger partial charge in [-0.2, -0.15) is 11.3 Å². The van der Waals surface area contributed by atoms with E-state index >= 15 is 0 Å². The summed E-state index contributed by atoms with van der Waals surface area (Å²) in [5.41, 5.74) is 2.21. The average Bonchev–Trinajstić information content (AvgIpc) is 3.27. The third-order valence-corrected chi connectivity index (χ3v) is 5.52. The molecule has 0 radical (unpaired) electrons. The van der Waals surface area contributed by atoms with Crippen LogP contribution in [0.25, 0.3) is 10.9 Å². The van der Waals surface area contributed by atoms with Crippen molar-refractivity contribution in [2.24, 2.45) is 0 Å². The lowest BCUT2D eigenvalue weighted by Gasteiger charge is -2.19. The fourth-order valence-electron chi connectivity index (χ4n) is 3.06. The highest BCUT2D eigenvalue weighted by atomic mass is 35.5. The normalized spacial score (nSPS) is 12.0. The van der Waals surface area contributed by atoms with Gasteiger partial charge in [-0.3, -0.25) is 9.59 Å². The second-order valence-electron chi connectivity index (χ2n) is 6.49. The summed E-state index contributed by atoms with van der Waals surface area (Å²) in [4.78, 5) is 25.2. The molecule has 0 spiro atoms. The Bertz CT molecular complexity index is 1190. The summed E-state index contributed by atoms with van der Waals surface area (Å²) in [5, 5.41) is 16.1. The molecule has 1 N–H and O–H groups in total. The van der Waals surface area contributed by atoms with E-state index in [0.29, 0.717) is 15.9 Å². The molecule has 0 aliphatic carbocycles. The van der Waals surface area contributed by atoms with Crippen molar-refractivity contribution < 1.29 is 4.79 Å². The van der Waals surface area contributed by atoms with Crippen LogP contribution in [0.15, 0.2) is 70.2 Å². The molecule has 0 saturated heterocycles. The molecule has 1 atom stereocenters. The summed E-state index contributed by atoms with van der Waals surface area (Å²) < 4.78 is 1.23. The van der Waals surface area contributed by atoms with Gasteiger partial charge in [0.25, 0.3) is 5.56 Å². The number of carbonyl (C=O) groups excluding carboxylic acids is 1. The molecule has 29 heavy (non-hydrogen) atoms. The number of nitrogens with zero attached hydrogens (tertiary/aromatic N) is 3. The fourth-order valence-corrected chi connectivity index (χ4v) is 3.88. The van der Waals surface area contributed by atoms with Crippen LogP contribution in [0, 0.1) is 0 Å². The van der Waals surface area contributed by atoms with Gasteiger partial charge in [0, 0.05) is 11.4 Å². The molecule has 0 aliphatic heterocycles. The highest BCUT2D eigenvalue weighted by Gasteiger charge is 2.18. The smallest absolute Gasteiger partial charge is 0.277 e. The molecule has 2 heterocycles. The van der Waals surface area contributed by atoms with Crippen molar-refractivity contribution in [3.8, 4) is 0 Å². The van der Waals surface area contributed by atoms with Gasteiger partial charge in [0.15, 0.2) is 0 Å². The second-order valence-corrected chi connectivity index (χ2v) is 7.71. The minimum atomic E-state index is -0.287. The van der Waals surface area contributed by atoms with Crippen LogP contribution in [-0.2, 0) is 11.3 Å². The van der Waals surface area contributed by atoms with Crippen molar-refractivity contribution in [1.82, 2.24) is 20.3 Å². The molecule has 0 saturated carbocycles. The Morgan fingerprint density at radius 2 is 1.90 bits per heavy atom. The number of fused-ring (bicyclic) bond motifs is 1. The predicted octanol–water partition coefficient (Wildman–Crippen LogP) is 3.80. The first-order chi connectivity index (χ1) is 14.1. The summed E-state index contributed by atoms with van der Waals surface area (Å²) in [5.74, 6) is -0.182. The molecule has 146 valence electrons. The van der Waals surface area contributed by atoms with E-state index < -0.39 is 0 Å². The minimum absolute atomic E-state index is 0.112. The maximum absolute atomic E-state index is 12.6. The predicted molar refractivity (Wildman–Crippen MR) is 114 cm³/mol. The third-order valence-electron chi connectivity index (χ3n) is 4.57. The van der Waals surface area contributed by atoms with Gasteiger partial charge in [0.1, 0.15) is 5.52 Å². The van der Waals surface area contributed by atoms with Crippen molar-refractivity contribution in [1.29, 1.82) is 0 Å². The van der Waals surface area contributed by atoms with Crippen LogP contribution < -0.4 is 10.9 Å². The first kappa shape index (κ1) is 19.3. The Morgan fingerprint density at radius 3 is 2.66 bits per heavy atom. The van der Waals surface area contributed by atoms with Crippen molar-refractivity contribution in [3.63, 3.8) is 0 Å². The van der Waals surface area contributed by atoms with Crippen molar-refractivity contribution in [2.45, 2.75) is 19.0 Å². The zero-order chi connectivity index (χ0) is 20.2. The Hall–Kier alpha value is -3.03. The van der Waals surface area contributed by atoms with Gasteiger partial charge in [0.2, 0.25) is 5.91 Å². The van der Waals surface area contributed by atoms with E-state index in [9.17, 15) is 9.59 Å². The Labute approximate surface area is 175 Å². The van der Waals surface area contributed by atoms with Crippen LogP contribution in [0.2, 0.25) is 5.02 Å². The molecule has 2 aromatic heterocycles. The van der Waals surface area contributed by atoms with Gasteiger partial charge in [0.05, 0.1) is 18.0 Å². The van der Waals surface area contributed by atoms with Crippen LogP contribution in [0.4, 0.5) is 0 Å². The monoisotopic (exact) mass is 424 g/mol. The number of carbonyl (C=O) groups is 1. The number of aromatic nitrogens is 3. The highest BCUT2D eigenvalue weighted by molar-refractivity contribution is 7.08. The first-order valence-electron chi connectivity index (χ1n) is 9.01. The van der Waals surface area contributed by atoms with Gasteiger partial charge in [-0.1, -0.05) is 41.1 Å². The fraction of sp³-hybridized carbons (Fsp3) is 0.143. The van der Waals surface area contributed by atoms with Crippen molar-refractivity contribution in [2.75, 3.05) is 0 Å². The van der Waals surface area contributed by atoms with E-state index in [1.54, 1.807) is 47.7 Å². The summed E-state index contributed by atoms with van der Waals surface area (Å²) >= 11 is 7.56. The molecular weight excluding hydrogens is 408 g/mol. The van der Waals surface area contributed by atoms with Crippen LogP contribution in [0.5, 0.6) is 0 Å². The molecule has 0 aliphatic rings. The van der Waals surface area contributed by atoms with E-state index in [2.05, 4.69) is 15.6 Å². The zero-order valence-corrected chi connectivity index (χ0v) is 16.9. The third kappa shape index (κ3) is 4.36. The number of halogens is 1. The Morgan fingerprint density at radius 1 is 1.10 bits per heavy atom. The lowest BCUT2D eigenvalue weighted by atomic mass is 10.0. The number of rotatable bonds is 6. The van der Waals surface area contributed by atoms with E-state index in [4.69, 9.17) is 11.6 Å². The van der Waals surface area contributed by atoms with E-state index in [1.165, 1.54) is 4.68 Å². The summed E-state index contributed by atoms with van der Waals surface area (Å²) in [6, 6.07) is 16.1. The number of hydrogen-bond donors (Lipinski definition) is 1. The van der Waals surface area contributed by atoms with Gasteiger partial charge in [-0.25, -0.2) is 4.68 Å². The topological polar surface area (TPSA) is 76.9 Å². The van der Waals surface area contributed by atoms with E-state index in [0.717, 1.165) is 11.1 Å². The second kappa shape index (κ2) is 8.55. The lowest BCUT2D eigenvalue weighted by Crippen LogP contribution is -2.32. The SMILES string of the molecule is O=C(CCn1nnc2ccccc2c1=O)NC(c1ccc(Cl)cc1)c1ccsc1. The average molecular weight is 425 g/mol. The van der Waals surface area contributed by atoms with Crippen LogP contribution in [-0.4, -0.2) is 20.9 Å². The number of aryl methyl sites for hydroxylation is 1. The number of nitrogens with one attached hydrogen (secondary N) is 1. The van der Waals surface area contributed by atoms with Crippen LogP contribution >= 0.6 is 22.9 Å². The number of benzene rings is 2. The minimum Gasteiger partial charge on any atom is -0.345 e. The molecule has 0 fully saturated rings. The number of hydrogen-bond acceptors (Lipinski definition) is 5. The summed E-state index contributed by atoms with van der Waals surface area (Å²) in [6.45, 7) is 0.152. The van der Waals surface area contributed by atoms with Gasteiger partial charge < -0.3 is 5.32 Å². The van der Waals surface area contributed by atoms with Crippen LogP contribution in [0.3, 0.4) is 0 Å². The molecule has 1 amide bonds. The molecule has 4 rings (SSSR count). The quantitative estimate of drug-likeness (QED) is 0.510. The maximum atomic E-state index is 12.6. The maximum Gasteiger partial charge on any atom is 0.277 e. The van der Waals surface area contributed by atoms with Crippen LogP contribution in [0.1, 0.15) is 23.6 Å². The highest BCUT2D eigenvalue weighted by Crippen LogP contribution is 2.25. The molecule has 2 aromatic carbocycles. The molecule has 1 unspecified atom stereocenters. The number of thiophene rings is 1. The standard InChI is InChI=1S/C21H17ClN4O2S/c22-16-7-5-14(6-8-16)20(15-10-12-29-13-15)23-19(27)9-11-26-21(28)17-3-1-2-4-18(17)24-25-26/h1-8,10,12-13,20H,9,11H2,(H,23,27). The molecular formula is C21H17ClN4O2S. The van der Waals surface area contributed by atoms with E-state index in [-0.39, 0.29) is 30.5 Å². The van der Waals surface area contributed by atoms with Gasteiger partial charge >= 0.3 is 0 Å². The van der Waals surface area contributed by atoms with Crippen molar-refractivity contribution in [3.05, 3.63) is 91.9 Å².